The normalized spacial score (nSPS) is 10.5. The number of hydrogen-bond donors (Lipinski definition) is 0. The third kappa shape index (κ3) is 15.4. The molecule has 0 bridgehead atoms. The van der Waals surface area contributed by atoms with E-state index in [9.17, 15) is 0 Å². The Morgan fingerprint density at radius 3 is 1.05 bits per heavy atom. The first-order valence-electron chi connectivity index (χ1n) is 16.8. The molecule has 0 aromatic heterocycles. The first kappa shape index (κ1) is 44.9. The molecule has 242 valence electrons. The Kier molecular flexibility index (Phi) is 24.5. The quantitative estimate of drug-likeness (QED) is 0.135. The van der Waals surface area contributed by atoms with Crippen LogP contribution in [-0.2, 0) is 25.8 Å². The molecular formula is C42H66HfSi. The van der Waals surface area contributed by atoms with Gasteiger partial charge in [0.15, 0.2) is 0 Å². The van der Waals surface area contributed by atoms with E-state index < -0.39 is 0 Å². The van der Waals surface area contributed by atoms with Gasteiger partial charge in [0.2, 0.25) is 0 Å². The Bertz CT molecular complexity index is 1180. The van der Waals surface area contributed by atoms with E-state index in [2.05, 4.69) is 159 Å². The Hall–Kier alpha value is -1.25. The SMILES string of the molecule is C[Si]C.Cc1cc2c(C(C)C)cc(C(C)C)cc2[cH-]1.Cc1cc2c(C(C)C)cc(C(C)C)cc2[cH-]1.[CH2-]CCC.[CH2-]CCC.[Hf+4]. The van der Waals surface area contributed by atoms with Gasteiger partial charge < -0.3 is 13.8 Å². The number of benzene rings is 2. The summed E-state index contributed by atoms with van der Waals surface area (Å²) in [6, 6.07) is 18.7. The van der Waals surface area contributed by atoms with Gasteiger partial charge in [0, 0.05) is 9.52 Å². The molecule has 0 heterocycles. The largest absolute Gasteiger partial charge is 4.00 e. The molecule has 0 saturated carbocycles. The molecule has 0 aliphatic carbocycles. The Morgan fingerprint density at radius 2 is 0.841 bits per heavy atom. The summed E-state index contributed by atoms with van der Waals surface area (Å²) in [4.78, 5) is 0. The first-order chi connectivity index (χ1) is 20.2. The summed E-state index contributed by atoms with van der Waals surface area (Å²) in [7, 11) is 1.08. The Morgan fingerprint density at radius 1 is 0.568 bits per heavy atom. The van der Waals surface area contributed by atoms with Gasteiger partial charge in [-0.3, -0.25) is 0 Å². The fourth-order valence-corrected chi connectivity index (χ4v) is 4.67. The third-order valence-corrected chi connectivity index (χ3v) is 7.33. The van der Waals surface area contributed by atoms with Crippen molar-refractivity contribution in [1.82, 2.24) is 0 Å². The van der Waals surface area contributed by atoms with Gasteiger partial charge in [-0.25, -0.2) is 0 Å². The van der Waals surface area contributed by atoms with Crippen molar-refractivity contribution in [3.63, 3.8) is 0 Å². The Labute approximate surface area is 296 Å². The number of hydrogen-bond acceptors (Lipinski definition) is 0. The van der Waals surface area contributed by atoms with Crippen LogP contribution in [0.15, 0.2) is 48.5 Å². The average molecular weight is 778 g/mol. The van der Waals surface area contributed by atoms with Crippen LogP contribution in [0.25, 0.3) is 21.5 Å². The molecule has 0 atom stereocenters. The molecule has 0 fully saturated rings. The van der Waals surface area contributed by atoms with Gasteiger partial charge in [-0.2, -0.15) is 25.0 Å². The van der Waals surface area contributed by atoms with Crippen molar-refractivity contribution in [2.24, 2.45) is 0 Å². The molecule has 4 aromatic rings. The maximum atomic E-state index is 3.60. The van der Waals surface area contributed by atoms with E-state index in [1.807, 2.05) is 0 Å². The molecule has 0 nitrogen and oxygen atoms in total. The van der Waals surface area contributed by atoms with E-state index in [0.29, 0.717) is 23.7 Å². The molecule has 44 heavy (non-hydrogen) atoms. The molecule has 0 spiro atoms. The van der Waals surface area contributed by atoms with Crippen molar-refractivity contribution >= 4 is 31.1 Å². The van der Waals surface area contributed by atoms with Crippen LogP contribution in [0.1, 0.15) is 152 Å². The molecule has 0 aliphatic heterocycles. The molecule has 0 unspecified atom stereocenters. The van der Waals surface area contributed by atoms with Crippen LogP contribution < -0.4 is 0 Å². The van der Waals surface area contributed by atoms with Crippen molar-refractivity contribution < 1.29 is 25.8 Å². The summed E-state index contributed by atoms with van der Waals surface area (Å²) < 4.78 is 0. The molecular weight excluding hydrogens is 711 g/mol. The van der Waals surface area contributed by atoms with E-state index >= 15 is 0 Å². The molecule has 2 radical (unpaired) electrons. The predicted octanol–water partition coefficient (Wildman–Crippen LogP) is 14.3. The van der Waals surface area contributed by atoms with E-state index in [-0.39, 0.29) is 25.8 Å². The van der Waals surface area contributed by atoms with Gasteiger partial charge >= 0.3 is 25.8 Å². The second-order valence-electron chi connectivity index (χ2n) is 13.1. The third-order valence-electron chi connectivity index (χ3n) is 7.33. The minimum atomic E-state index is 0. The number of rotatable bonds is 6. The monoisotopic (exact) mass is 778 g/mol. The summed E-state index contributed by atoms with van der Waals surface area (Å²) in [6.07, 6.45) is 4.56. The fraction of sp³-hybridized carbons (Fsp3) is 0.524. The minimum Gasteiger partial charge on any atom is -0.343 e. The molecule has 0 saturated heterocycles. The second kappa shape index (κ2) is 24.0. The predicted molar refractivity (Wildman–Crippen MR) is 203 cm³/mol. The van der Waals surface area contributed by atoms with Gasteiger partial charge in [-0.05, 0) is 23.7 Å². The Balaban J connectivity index is 0. The molecule has 4 rings (SSSR count). The van der Waals surface area contributed by atoms with Crippen LogP contribution in [0.2, 0.25) is 13.1 Å². The number of aryl methyl sites for hydroxylation is 2. The zero-order chi connectivity index (χ0) is 33.3. The van der Waals surface area contributed by atoms with Gasteiger partial charge in [0.1, 0.15) is 0 Å². The molecule has 0 N–H and O–H groups in total. The summed E-state index contributed by atoms with van der Waals surface area (Å²) in [5.41, 5.74) is 8.66. The van der Waals surface area contributed by atoms with Crippen LogP contribution in [-0.4, -0.2) is 9.52 Å². The van der Waals surface area contributed by atoms with E-state index in [0.717, 1.165) is 22.4 Å². The standard InChI is InChI=1S/2C16H21.2C4H9.C2H6Si.Hf/c2*1-10(2)13-8-14-6-12(5)7-16(14)15(9-13)11(3)4;2*1-3-4-2;1-3-2;/h2*6-11H,1-5H3;2*1,3-4H2,2H3;1-2H3;/q4*-1;;+4. The number of fused-ring (bicyclic) bond motifs is 2. The van der Waals surface area contributed by atoms with Gasteiger partial charge in [-0.15, -0.1) is 56.9 Å². The zero-order valence-corrected chi connectivity index (χ0v) is 35.8. The summed E-state index contributed by atoms with van der Waals surface area (Å²) in [6.45, 7) is 38.3. The molecule has 2 heteroatoms. The summed E-state index contributed by atoms with van der Waals surface area (Å²) >= 11 is 0. The second-order valence-corrected chi connectivity index (χ2v) is 14.1. The number of unbranched alkanes of at least 4 members (excludes halogenated alkanes) is 2. The molecule has 4 aromatic carbocycles. The zero-order valence-electron chi connectivity index (χ0n) is 31.2. The first-order valence-corrected chi connectivity index (χ1v) is 18.8. The van der Waals surface area contributed by atoms with Crippen molar-refractivity contribution in [3.8, 4) is 0 Å². The summed E-state index contributed by atoms with van der Waals surface area (Å²) in [5.74, 6) is 2.42. The van der Waals surface area contributed by atoms with Gasteiger partial charge in [0.25, 0.3) is 0 Å². The van der Waals surface area contributed by atoms with Crippen molar-refractivity contribution in [3.05, 3.63) is 95.8 Å². The maximum absolute atomic E-state index is 3.60. The average Bonchev–Trinajstić information content (AvgIpc) is 3.52. The van der Waals surface area contributed by atoms with Gasteiger partial charge in [-0.1, -0.05) is 143 Å². The fourth-order valence-electron chi connectivity index (χ4n) is 4.67. The minimum absolute atomic E-state index is 0. The van der Waals surface area contributed by atoms with Crippen molar-refractivity contribution in [2.45, 2.75) is 146 Å². The van der Waals surface area contributed by atoms with Crippen LogP contribution in [0.4, 0.5) is 0 Å². The van der Waals surface area contributed by atoms with Crippen molar-refractivity contribution in [1.29, 1.82) is 0 Å². The van der Waals surface area contributed by atoms with E-state index in [4.69, 9.17) is 0 Å². The van der Waals surface area contributed by atoms with Crippen LogP contribution >= 0.6 is 0 Å². The van der Waals surface area contributed by atoms with E-state index in [1.54, 1.807) is 0 Å². The van der Waals surface area contributed by atoms with Gasteiger partial charge in [0.05, 0.1) is 0 Å². The summed E-state index contributed by atoms with van der Waals surface area (Å²) in [5, 5.41) is 5.70. The van der Waals surface area contributed by atoms with Crippen LogP contribution in [0, 0.1) is 27.7 Å². The topological polar surface area (TPSA) is 0 Å². The smallest absolute Gasteiger partial charge is 0.343 e. The van der Waals surface area contributed by atoms with Crippen LogP contribution in [0.5, 0.6) is 0 Å². The van der Waals surface area contributed by atoms with Crippen LogP contribution in [0.3, 0.4) is 0 Å². The molecule has 0 aliphatic rings. The molecule has 0 amide bonds. The van der Waals surface area contributed by atoms with Crippen molar-refractivity contribution in [2.75, 3.05) is 0 Å². The van der Waals surface area contributed by atoms with E-state index in [1.165, 1.54) is 67.8 Å². The maximum Gasteiger partial charge on any atom is 4.00 e.